The van der Waals surface area contributed by atoms with E-state index in [9.17, 15) is 4.79 Å². The molecule has 1 heterocycles. The number of hydrogen-bond acceptors (Lipinski definition) is 8. The fourth-order valence-electron chi connectivity index (χ4n) is 3.76. The molecule has 194 valence electrons. The molecule has 0 saturated heterocycles. The normalized spacial score (nSPS) is 10.6. The number of carbonyl (C=O) groups is 1. The van der Waals surface area contributed by atoms with Crippen LogP contribution in [0.5, 0.6) is 17.2 Å². The minimum absolute atomic E-state index is 0.209. The van der Waals surface area contributed by atoms with E-state index in [4.69, 9.17) is 19.2 Å². The van der Waals surface area contributed by atoms with Gasteiger partial charge in [-0.05, 0) is 23.8 Å². The minimum Gasteiger partial charge on any atom is -0.493 e. The second-order valence-electron chi connectivity index (χ2n) is 8.03. The van der Waals surface area contributed by atoms with Gasteiger partial charge in [-0.1, -0.05) is 48.5 Å². The number of anilines is 4. The molecule has 1 aromatic heterocycles. The van der Waals surface area contributed by atoms with Crippen LogP contribution in [-0.2, 0) is 0 Å². The van der Waals surface area contributed by atoms with Crippen molar-refractivity contribution >= 4 is 41.2 Å². The van der Waals surface area contributed by atoms with Crippen molar-refractivity contribution in [3.05, 3.63) is 89.6 Å². The third-order valence-electron chi connectivity index (χ3n) is 5.64. The first-order valence-electron chi connectivity index (χ1n) is 11.8. The lowest BCUT2D eigenvalue weighted by atomic mass is 10.1. The second-order valence-corrected chi connectivity index (χ2v) is 8.03. The quantitative estimate of drug-likeness (QED) is 0.256. The van der Waals surface area contributed by atoms with Gasteiger partial charge in [0.05, 0.1) is 32.6 Å². The predicted molar refractivity (Wildman–Crippen MR) is 150 cm³/mol. The highest BCUT2D eigenvalue weighted by Gasteiger charge is 2.16. The third kappa shape index (κ3) is 6.01. The summed E-state index contributed by atoms with van der Waals surface area (Å²) < 4.78 is 16.3. The Hall–Kier alpha value is -5.05. The fraction of sp³-hybridized carbons (Fsp3) is 0.138. The molecule has 9 heteroatoms. The van der Waals surface area contributed by atoms with Crippen molar-refractivity contribution in [3.63, 3.8) is 0 Å². The van der Waals surface area contributed by atoms with Gasteiger partial charge >= 0.3 is 0 Å². The summed E-state index contributed by atoms with van der Waals surface area (Å²) in [4.78, 5) is 21.7. The topological polar surface area (TPSA) is 107 Å². The van der Waals surface area contributed by atoms with Crippen LogP contribution in [0.3, 0.4) is 0 Å². The lowest BCUT2D eigenvalue weighted by Gasteiger charge is -2.16. The number of benzene rings is 3. The minimum atomic E-state index is -0.209. The van der Waals surface area contributed by atoms with Crippen LogP contribution in [0.15, 0.2) is 72.9 Å². The molecule has 0 aliphatic heterocycles. The summed E-state index contributed by atoms with van der Waals surface area (Å²) in [7, 11) is 6.25. The van der Waals surface area contributed by atoms with E-state index in [1.54, 1.807) is 52.8 Å². The molecule has 0 bridgehead atoms. The molecule has 0 aliphatic carbocycles. The first-order chi connectivity index (χ1) is 18.6. The van der Waals surface area contributed by atoms with Crippen molar-refractivity contribution in [1.82, 2.24) is 15.3 Å². The van der Waals surface area contributed by atoms with E-state index in [-0.39, 0.29) is 5.91 Å². The molecule has 0 atom stereocenters. The first kappa shape index (κ1) is 26.0. The fourth-order valence-corrected chi connectivity index (χ4v) is 3.76. The van der Waals surface area contributed by atoms with Crippen molar-refractivity contribution in [1.29, 1.82) is 0 Å². The zero-order valence-corrected chi connectivity index (χ0v) is 21.6. The number of carbonyl (C=O) groups excluding carboxylic acids is 1. The summed E-state index contributed by atoms with van der Waals surface area (Å²) in [5.41, 5.74) is 3.51. The maximum absolute atomic E-state index is 12.5. The van der Waals surface area contributed by atoms with Crippen molar-refractivity contribution in [3.8, 4) is 17.2 Å². The van der Waals surface area contributed by atoms with E-state index >= 15 is 0 Å². The van der Waals surface area contributed by atoms with Gasteiger partial charge < -0.3 is 30.2 Å². The molecule has 0 unspecified atom stereocenters. The van der Waals surface area contributed by atoms with Crippen LogP contribution < -0.4 is 30.2 Å². The van der Waals surface area contributed by atoms with Gasteiger partial charge in [-0.25, -0.2) is 4.98 Å². The summed E-state index contributed by atoms with van der Waals surface area (Å²) >= 11 is 0. The lowest BCUT2D eigenvalue weighted by Crippen LogP contribution is -2.19. The highest BCUT2D eigenvalue weighted by atomic mass is 16.5. The number of rotatable bonds is 10. The van der Waals surface area contributed by atoms with Crippen LogP contribution in [0.1, 0.15) is 21.5 Å². The maximum atomic E-state index is 12.5. The molecule has 38 heavy (non-hydrogen) atoms. The van der Waals surface area contributed by atoms with Gasteiger partial charge in [-0.15, -0.1) is 0 Å². The van der Waals surface area contributed by atoms with E-state index in [1.807, 2.05) is 60.7 Å². The maximum Gasteiger partial charge on any atom is 0.253 e. The largest absolute Gasteiger partial charge is 0.493 e. The number of methoxy groups -OCH3 is 3. The van der Waals surface area contributed by atoms with Crippen LogP contribution in [0.25, 0.3) is 12.2 Å². The third-order valence-corrected chi connectivity index (χ3v) is 5.64. The Morgan fingerprint density at radius 3 is 2.18 bits per heavy atom. The summed E-state index contributed by atoms with van der Waals surface area (Å²) in [6.07, 6.45) is 5.60. The zero-order valence-electron chi connectivity index (χ0n) is 21.6. The van der Waals surface area contributed by atoms with E-state index in [0.717, 1.165) is 11.1 Å². The summed E-state index contributed by atoms with van der Waals surface area (Å²) in [6.45, 7) is 0. The Morgan fingerprint density at radius 2 is 1.53 bits per heavy atom. The Bertz CT molecular complexity index is 1420. The first-order valence-corrected chi connectivity index (χ1v) is 11.8. The number of hydrogen-bond donors (Lipinski definition) is 3. The second kappa shape index (κ2) is 12.3. The van der Waals surface area contributed by atoms with Crippen molar-refractivity contribution in [2.24, 2.45) is 0 Å². The summed E-state index contributed by atoms with van der Waals surface area (Å²) in [6, 6.07) is 20.7. The average Bonchev–Trinajstić information content (AvgIpc) is 2.96. The molecule has 3 aromatic carbocycles. The Labute approximate surface area is 221 Å². The molecular formula is C29H29N5O4. The van der Waals surface area contributed by atoms with Gasteiger partial charge in [0, 0.05) is 36.6 Å². The van der Waals surface area contributed by atoms with Gasteiger partial charge in [0.2, 0.25) is 11.7 Å². The van der Waals surface area contributed by atoms with Crippen molar-refractivity contribution < 1.29 is 19.0 Å². The highest BCUT2D eigenvalue weighted by Crippen LogP contribution is 2.40. The number of ether oxygens (including phenoxy) is 3. The van der Waals surface area contributed by atoms with E-state index in [2.05, 4.69) is 20.9 Å². The zero-order chi connectivity index (χ0) is 26.9. The molecule has 9 nitrogen and oxygen atoms in total. The Balaban J connectivity index is 1.73. The van der Waals surface area contributed by atoms with Gasteiger partial charge in [-0.2, -0.15) is 4.98 Å². The highest BCUT2D eigenvalue weighted by molar-refractivity contribution is 6.00. The number of nitrogens with zero attached hydrogens (tertiary/aromatic N) is 2. The number of amides is 1. The van der Waals surface area contributed by atoms with Crippen LogP contribution in [0, 0.1) is 0 Å². The molecular weight excluding hydrogens is 482 g/mol. The van der Waals surface area contributed by atoms with Crippen LogP contribution in [0.4, 0.5) is 23.1 Å². The molecule has 3 N–H and O–H groups in total. The van der Waals surface area contributed by atoms with E-state index in [0.29, 0.717) is 46.0 Å². The lowest BCUT2D eigenvalue weighted by molar-refractivity contribution is 0.0964. The molecule has 0 saturated carbocycles. The van der Waals surface area contributed by atoms with Crippen molar-refractivity contribution in [2.45, 2.75) is 0 Å². The van der Waals surface area contributed by atoms with Crippen LogP contribution in [-0.4, -0.2) is 44.3 Å². The average molecular weight is 512 g/mol. The number of aromatic nitrogens is 2. The number of nitrogens with one attached hydrogen (secondary N) is 3. The van der Waals surface area contributed by atoms with Crippen LogP contribution >= 0.6 is 0 Å². The number of para-hydroxylation sites is 1. The molecule has 4 aromatic rings. The summed E-state index contributed by atoms with van der Waals surface area (Å²) in [5, 5.41) is 9.18. The molecule has 0 radical (unpaired) electrons. The standard InChI is InChI=1S/C29H29N5O4/c1-30-28(35)22-12-8-9-13-23(22)33-27-20(15-14-19-10-6-5-7-11-19)18-31-29(34-27)32-21-16-24(36-2)26(38-4)25(17-21)37-3/h5-18H,1-4H3,(H,30,35)(H2,31,32,33,34). The SMILES string of the molecule is CNC(=O)c1ccccc1Nc1nc(Nc2cc(OC)c(OC)c(OC)c2)ncc1C=Cc1ccccc1. The monoisotopic (exact) mass is 511 g/mol. The summed E-state index contributed by atoms with van der Waals surface area (Å²) in [5.74, 6) is 2.11. The molecule has 0 fully saturated rings. The van der Waals surface area contributed by atoms with Gasteiger partial charge in [0.1, 0.15) is 5.82 Å². The molecule has 0 spiro atoms. The van der Waals surface area contributed by atoms with E-state index in [1.165, 1.54) is 0 Å². The Kier molecular flexibility index (Phi) is 8.40. The molecule has 1 amide bonds. The van der Waals surface area contributed by atoms with Gasteiger partial charge in [-0.3, -0.25) is 4.79 Å². The molecule has 0 aliphatic rings. The van der Waals surface area contributed by atoms with Crippen LogP contribution in [0.2, 0.25) is 0 Å². The van der Waals surface area contributed by atoms with E-state index < -0.39 is 0 Å². The van der Waals surface area contributed by atoms with Crippen molar-refractivity contribution in [2.75, 3.05) is 39.0 Å². The smallest absolute Gasteiger partial charge is 0.253 e. The predicted octanol–water partition coefficient (Wildman–Crippen LogP) is 5.52. The van der Waals surface area contributed by atoms with Gasteiger partial charge in [0.25, 0.3) is 5.91 Å². The van der Waals surface area contributed by atoms with Gasteiger partial charge in [0.15, 0.2) is 11.5 Å². The Morgan fingerprint density at radius 1 is 0.842 bits per heavy atom. The molecule has 4 rings (SSSR count).